The van der Waals surface area contributed by atoms with Gasteiger partial charge in [-0.05, 0) is 38.1 Å². The molecule has 2 aromatic rings. The molecule has 4 heteroatoms. The van der Waals surface area contributed by atoms with Crippen LogP contribution in [0.1, 0.15) is 12.5 Å². The van der Waals surface area contributed by atoms with E-state index in [-0.39, 0.29) is 5.91 Å². The van der Waals surface area contributed by atoms with E-state index in [9.17, 15) is 4.79 Å². The Balaban J connectivity index is 1.94. The molecule has 1 N–H and O–H groups in total. The van der Waals surface area contributed by atoms with Crippen LogP contribution in [0.2, 0.25) is 0 Å². The lowest BCUT2D eigenvalue weighted by Crippen LogP contribution is -2.30. The van der Waals surface area contributed by atoms with Gasteiger partial charge in [0.25, 0.3) is 5.91 Å². The van der Waals surface area contributed by atoms with E-state index in [1.54, 1.807) is 31.5 Å². The topological polar surface area (TPSA) is 51.2 Å². The molecule has 0 radical (unpaired) electrons. The molecular weight excluding hydrogens is 240 g/mol. The summed E-state index contributed by atoms with van der Waals surface area (Å²) < 4.78 is 5.57. The van der Waals surface area contributed by atoms with E-state index in [1.165, 1.54) is 0 Å². The Labute approximate surface area is 112 Å². The predicted molar refractivity (Wildman–Crippen MR) is 74.1 cm³/mol. The number of hydrogen-bond acceptors (Lipinski definition) is 3. The van der Waals surface area contributed by atoms with Crippen molar-refractivity contribution in [2.75, 3.05) is 5.32 Å². The number of hydrogen-bond donors (Lipinski definition) is 1. The monoisotopic (exact) mass is 256 g/mol. The molecule has 0 aliphatic carbocycles. The largest absolute Gasteiger partial charge is 0.481 e. The molecule has 98 valence electrons. The molecule has 0 bridgehead atoms. The molecule has 1 aromatic heterocycles. The summed E-state index contributed by atoms with van der Waals surface area (Å²) in [7, 11) is 0. The molecule has 1 aromatic carbocycles. The van der Waals surface area contributed by atoms with Crippen molar-refractivity contribution in [2.45, 2.75) is 20.0 Å². The molecule has 0 spiro atoms. The molecule has 0 saturated heterocycles. The zero-order valence-electron chi connectivity index (χ0n) is 11.0. The first kappa shape index (κ1) is 13.1. The smallest absolute Gasteiger partial charge is 0.265 e. The first-order valence-corrected chi connectivity index (χ1v) is 6.09. The molecule has 1 amide bonds. The van der Waals surface area contributed by atoms with Gasteiger partial charge in [-0.3, -0.25) is 9.78 Å². The summed E-state index contributed by atoms with van der Waals surface area (Å²) in [5.41, 5.74) is 1.81. The highest BCUT2D eigenvalue weighted by Gasteiger charge is 2.14. The van der Waals surface area contributed by atoms with Crippen LogP contribution < -0.4 is 10.1 Å². The molecule has 1 heterocycles. The van der Waals surface area contributed by atoms with Crippen LogP contribution in [0.3, 0.4) is 0 Å². The first-order chi connectivity index (χ1) is 9.15. The number of aryl methyl sites for hydroxylation is 1. The standard InChI is InChI=1S/C15H16N2O2/c1-11-5-7-14(8-6-11)19-12(2)15(18)17-13-4-3-9-16-10-13/h3-10,12H,1-2H3,(H,17,18)/t12-/m1/s1. The van der Waals surface area contributed by atoms with Gasteiger partial charge in [0.1, 0.15) is 5.75 Å². The second-order valence-corrected chi connectivity index (χ2v) is 4.30. The lowest BCUT2D eigenvalue weighted by atomic mass is 10.2. The van der Waals surface area contributed by atoms with Crippen LogP contribution in [0, 0.1) is 6.92 Å². The van der Waals surface area contributed by atoms with Crippen molar-refractivity contribution in [2.24, 2.45) is 0 Å². The third-order valence-electron chi connectivity index (χ3n) is 2.63. The lowest BCUT2D eigenvalue weighted by Gasteiger charge is -2.14. The number of ether oxygens (including phenoxy) is 1. The predicted octanol–water partition coefficient (Wildman–Crippen LogP) is 2.80. The number of pyridine rings is 1. The van der Waals surface area contributed by atoms with Crippen molar-refractivity contribution >= 4 is 11.6 Å². The van der Waals surface area contributed by atoms with Gasteiger partial charge in [-0.25, -0.2) is 0 Å². The van der Waals surface area contributed by atoms with Gasteiger partial charge in [-0.1, -0.05) is 17.7 Å². The van der Waals surface area contributed by atoms with Gasteiger partial charge in [0.2, 0.25) is 0 Å². The molecule has 1 atom stereocenters. The van der Waals surface area contributed by atoms with E-state index in [1.807, 2.05) is 31.2 Å². The first-order valence-electron chi connectivity index (χ1n) is 6.09. The van der Waals surface area contributed by atoms with Crippen LogP contribution in [0.25, 0.3) is 0 Å². The Bertz CT molecular complexity index is 538. The summed E-state index contributed by atoms with van der Waals surface area (Å²) >= 11 is 0. The molecule has 4 nitrogen and oxygen atoms in total. The summed E-state index contributed by atoms with van der Waals surface area (Å²) in [4.78, 5) is 15.9. The zero-order valence-corrected chi connectivity index (χ0v) is 11.0. The summed E-state index contributed by atoms with van der Waals surface area (Å²) in [6.07, 6.45) is 2.68. The Morgan fingerprint density at radius 1 is 1.26 bits per heavy atom. The number of amides is 1. The minimum atomic E-state index is -0.567. The van der Waals surface area contributed by atoms with Crippen LogP contribution in [0.4, 0.5) is 5.69 Å². The molecule has 19 heavy (non-hydrogen) atoms. The van der Waals surface area contributed by atoms with Crippen molar-refractivity contribution < 1.29 is 9.53 Å². The van der Waals surface area contributed by atoms with Crippen molar-refractivity contribution in [3.63, 3.8) is 0 Å². The van der Waals surface area contributed by atoms with Crippen molar-refractivity contribution in [1.29, 1.82) is 0 Å². The third-order valence-corrected chi connectivity index (χ3v) is 2.63. The van der Waals surface area contributed by atoms with Crippen LogP contribution >= 0.6 is 0 Å². The average molecular weight is 256 g/mol. The van der Waals surface area contributed by atoms with Gasteiger partial charge >= 0.3 is 0 Å². The van der Waals surface area contributed by atoms with Crippen LogP contribution in [-0.4, -0.2) is 17.0 Å². The summed E-state index contributed by atoms with van der Waals surface area (Å²) in [5.74, 6) is 0.480. The normalized spacial score (nSPS) is 11.7. The highest BCUT2D eigenvalue weighted by atomic mass is 16.5. The van der Waals surface area contributed by atoms with Crippen molar-refractivity contribution in [1.82, 2.24) is 4.98 Å². The number of benzene rings is 1. The maximum atomic E-state index is 11.9. The average Bonchev–Trinajstić information content (AvgIpc) is 2.42. The van der Waals surface area contributed by atoms with Gasteiger partial charge in [0, 0.05) is 6.20 Å². The maximum Gasteiger partial charge on any atom is 0.265 e. The van der Waals surface area contributed by atoms with Crippen LogP contribution in [0.15, 0.2) is 48.8 Å². The number of aromatic nitrogens is 1. The summed E-state index contributed by atoms with van der Waals surface area (Å²) in [6, 6.07) is 11.1. The van der Waals surface area contributed by atoms with Crippen molar-refractivity contribution in [3.05, 3.63) is 54.4 Å². The molecule has 2 rings (SSSR count). The van der Waals surface area contributed by atoms with E-state index >= 15 is 0 Å². The summed E-state index contributed by atoms with van der Waals surface area (Å²) in [6.45, 7) is 3.72. The van der Waals surface area contributed by atoms with E-state index in [2.05, 4.69) is 10.3 Å². The van der Waals surface area contributed by atoms with Gasteiger partial charge in [-0.15, -0.1) is 0 Å². The molecule has 0 fully saturated rings. The van der Waals surface area contributed by atoms with Gasteiger partial charge in [0.15, 0.2) is 6.10 Å². The second kappa shape index (κ2) is 6.00. The van der Waals surface area contributed by atoms with Crippen LogP contribution in [-0.2, 0) is 4.79 Å². The van der Waals surface area contributed by atoms with E-state index < -0.39 is 6.10 Å². The number of carbonyl (C=O) groups excluding carboxylic acids is 1. The summed E-state index contributed by atoms with van der Waals surface area (Å²) in [5, 5.41) is 2.75. The Hall–Kier alpha value is -2.36. The van der Waals surface area contributed by atoms with Crippen molar-refractivity contribution in [3.8, 4) is 5.75 Å². The molecule has 0 unspecified atom stereocenters. The van der Waals surface area contributed by atoms with E-state index in [0.717, 1.165) is 5.56 Å². The fourth-order valence-electron chi connectivity index (χ4n) is 1.56. The fraction of sp³-hybridized carbons (Fsp3) is 0.200. The Morgan fingerprint density at radius 2 is 2.00 bits per heavy atom. The number of nitrogens with one attached hydrogen (secondary N) is 1. The number of carbonyl (C=O) groups is 1. The maximum absolute atomic E-state index is 11.9. The van der Waals surface area contributed by atoms with E-state index in [4.69, 9.17) is 4.74 Å². The quantitative estimate of drug-likeness (QED) is 0.915. The molecule has 0 aliphatic heterocycles. The Kier molecular flexibility index (Phi) is 4.13. The minimum absolute atomic E-state index is 0.200. The number of rotatable bonds is 4. The SMILES string of the molecule is Cc1ccc(O[C@H](C)C(=O)Nc2cccnc2)cc1. The van der Waals surface area contributed by atoms with Gasteiger partial charge in [-0.2, -0.15) is 0 Å². The molecule has 0 aliphatic rings. The highest BCUT2D eigenvalue weighted by molar-refractivity contribution is 5.93. The zero-order chi connectivity index (χ0) is 13.7. The second-order valence-electron chi connectivity index (χ2n) is 4.30. The number of anilines is 1. The van der Waals surface area contributed by atoms with Gasteiger partial charge in [0.05, 0.1) is 11.9 Å². The lowest BCUT2D eigenvalue weighted by molar-refractivity contribution is -0.122. The fourth-order valence-corrected chi connectivity index (χ4v) is 1.56. The van der Waals surface area contributed by atoms with Crippen LogP contribution in [0.5, 0.6) is 5.75 Å². The van der Waals surface area contributed by atoms with Gasteiger partial charge < -0.3 is 10.1 Å². The molecular formula is C15H16N2O2. The highest BCUT2D eigenvalue weighted by Crippen LogP contribution is 2.14. The third kappa shape index (κ3) is 3.81. The minimum Gasteiger partial charge on any atom is -0.481 e. The Morgan fingerprint density at radius 3 is 2.63 bits per heavy atom. The van der Waals surface area contributed by atoms with E-state index in [0.29, 0.717) is 11.4 Å². The number of nitrogens with zero attached hydrogens (tertiary/aromatic N) is 1. The molecule has 0 saturated carbocycles.